The number of carbonyl (C=O) groups excluding carboxylic acids is 1. The lowest BCUT2D eigenvalue weighted by Crippen LogP contribution is -2.33. The highest BCUT2D eigenvalue weighted by molar-refractivity contribution is 7.89. The lowest BCUT2D eigenvalue weighted by molar-refractivity contribution is -0.137. The van der Waals surface area contributed by atoms with Gasteiger partial charge in [-0.15, -0.1) is 11.6 Å². The molecule has 1 aliphatic carbocycles. The van der Waals surface area contributed by atoms with Gasteiger partial charge in [-0.2, -0.15) is 13.2 Å². The van der Waals surface area contributed by atoms with Crippen LogP contribution in [0.4, 0.5) is 17.6 Å². The quantitative estimate of drug-likeness (QED) is 0.165. The van der Waals surface area contributed by atoms with Crippen LogP contribution in [-0.2, 0) is 21.0 Å². The lowest BCUT2D eigenvalue weighted by Gasteiger charge is -2.23. The van der Waals surface area contributed by atoms with Crippen molar-refractivity contribution in [2.45, 2.75) is 24.9 Å². The number of amides is 1. The van der Waals surface area contributed by atoms with Crippen molar-refractivity contribution in [1.29, 1.82) is 0 Å². The zero-order valence-corrected chi connectivity index (χ0v) is 22.9. The SMILES string of the molecule is C=C(F)/C=C(NC1=C(C(=NC)c2cccc(C(F)(F)F)c2)CC(Cl)C=C1)\C(Cl)=C/[C@@H](C)C(=O)NS(C)(=O)=O. The number of halogens is 6. The van der Waals surface area contributed by atoms with Gasteiger partial charge in [0, 0.05) is 23.9 Å². The number of rotatable bonds is 9. The summed E-state index contributed by atoms with van der Waals surface area (Å²) in [4.78, 5) is 16.3. The van der Waals surface area contributed by atoms with Crippen LogP contribution in [0, 0.1) is 5.92 Å². The van der Waals surface area contributed by atoms with E-state index in [0.29, 0.717) is 11.3 Å². The van der Waals surface area contributed by atoms with E-state index in [4.69, 9.17) is 23.2 Å². The average molecular weight is 594 g/mol. The summed E-state index contributed by atoms with van der Waals surface area (Å²) >= 11 is 12.7. The highest BCUT2D eigenvalue weighted by Gasteiger charge is 2.31. The van der Waals surface area contributed by atoms with Gasteiger partial charge in [0.15, 0.2) is 0 Å². The molecule has 1 aromatic rings. The van der Waals surface area contributed by atoms with Gasteiger partial charge >= 0.3 is 6.18 Å². The van der Waals surface area contributed by atoms with E-state index in [1.165, 1.54) is 32.2 Å². The normalized spacial score (nSPS) is 18.3. The van der Waals surface area contributed by atoms with Crippen LogP contribution in [0.2, 0.25) is 0 Å². The van der Waals surface area contributed by atoms with Crippen LogP contribution in [0.15, 0.2) is 88.0 Å². The maximum Gasteiger partial charge on any atom is 0.416 e. The van der Waals surface area contributed by atoms with E-state index < -0.39 is 44.8 Å². The summed E-state index contributed by atoms with van der Waals surface area (Å²) in [6.45, 7) is 4.56. The van der Waals surface area contributed by atoms with Crippen molar-refractivity contribution in [2.75, 3.05) is 13.3 Å². The Morgan fingerprint density at radius 2 is 1.97 bits per heavy atom. The maximum absolute atomic E-state index is 13.8. The number of nitrogens with zero attached hydrogens (tertiary/aromatic N) is 1. The van der Waals surface area contributed by atoms with Gasteiger partial charge < -0.3 is 5.32 Å². The number of hydrogen-bond donors (Lipinski definition) is 2. The van der Waals surface area contributed by atoms with Crippen molar-refractivity contribution < 1.29 is 30.8 Å². The maximum atomic E-state index is 13.8. The lowest BCUT2D eigenvalue weighted by atomic mass is 9.92. The van der Waals surface area contributed by atoms with E-state index in [2.05, 4.69) is 16.9 Å². The molecule has 2 atom stereocenters. The molecule has 0 heterocycles. The van der Waals surface area contributed by atoms with E-state index in [1.807, 2.05) is 4.72 Å². The fraction of sp³-hybridized carbons (Fsp3) is 0.280. The standard InChI is InChI=1S/C25H25Cl2F4N3O3S/c1-14(24(35)34-38(4,36)37)10-20(27)22(11-15(2)28)33-21-9-8-18(26)13-19(21)23(32-3)16-6-5-7-17(12-16)25(29,30)31/h5-12,14,18,33H,2,13H2,1,3-4H3,(H,34,35)/b20-10+,22-11+,32-23?/t14-,18?/m1/s1. The second-order valence-electron chi connectivity index (χ2n) is 8.29. The minimum Gasteiger partial charge on any atom is -0.354 e. The number of benzene rings is 1. The number of alkyl halides is 4. The van der Waals surface area contributed by atoms with E-state index in [0.717, 1.165) is 24.5 Å². The Bertz CT molecular complexity index is 1360. The molecule has 2 rings (SSSR count). The highest BCUT2D eigenvalue weighted by Crippen LogP contribution is 2.32. The number of allylic oxidation sites excluding steroid dienone is 6. The third-order valence-electron chi connectivity index (χ3n) is 5.09. The molecule has 0 aliphatic heterocycles. The third-order valence-corrected chi connectivity index (χ3v) is 6.29. The highest BCUT2D eigenvalue weighted by atomic mass is 35.5. The van der Waals surface area contributed by atoms with Gasteiger partial charge in [-0.1, -0.05) is 42.5 Å². The Morgan fingerprint density at radius 1 is 1.32 bits per heavy atom. The summed E-state index contributed by atoms with van der Waals surface area (Å²) in [6, 6.07) is 4.63. The number of carbonyl (C=O) groups is 1. The van der Waals surface area contributed by atoms with Crippen molar-refractivity contribution in [2.24, 2.45) is 10.9 Å². The van der Waals surface area contributed by atoms with Crippen molar-refractivity contribution in [3.63, 3.8) is 0 Å². The number of sulfonamides is 1. The topological polar surface area (TPSA) is 87.6 Å². The molecule has 0 bridgehead atoms. The molecule has 1 amide bonds. The van der Waals surface area contributed by atoms with Crippen LogP contribution in [-0.4, -0.2) is 38.7 Å². The molecule has 0 spiro atoms. The van der Waals surface area contributed by atoms with Crippen molar-refractivity contribution >= 4 is 44.8 Å². The van der Waals surface area contributed by atoms with Crippen LogP contribution in [0.25, 0.3) is 0 Å². The van der Waals surface area contributed by atoms with Gasteiger partial charge in [0.1, 0.15) is 5.83 Å². The molecule has 0 saturated carbocycles. The molecule has 1 aromatic carbocycles. The van der Waals surface area contributed by atoms with Crippen molar-refractivity contribution in [1.82, 2.24) is 10.0 Å². The first kappa shape index (κ1) is 31.3. The molecule has 38 heavy (non-hydrogen) atoms. The van der Waals surface area contributed by atoms with Gasteiger partial charge in [-0.05, 0) is 37.6 Å². The number of nitrogens with one attached hydrogen (secondary N) is 2. The Morgan fingerprint density at radius 3 is 2.53 bits per heavy atom. The minimum absolute atomic E-state index is 0.0529. The molecule has 0 saturated heterocycles. The summed E-state index contributed by atoms with van der Waals surface area (Å²) in [5, 5.41) is 2.26. The Kier molecular flexibility index (Phi) is 10.5. The summed E-state index contributed by atoms with van der Waals surface area (Å²) in [5.41, 5.74) is 0.228. The zero-order chi connectivity index (χ0) is 28.8. The van der Waals surface area contributed by atoms with Gasteiger partial charge in [0.2, 0.25) is 15.9 Å². The molecule has 1 aliphatic rings. The number of aliphatic imine (C=N–C) groups is 1. The minimum atomic E-state index is -4.57. The molecule has 2 N–H and O–H groups in total. The van der Waals surface area contributed by atoms with Crippen LogP contribution in [0.5, 0.6) is 0 Å². The summed E-state index contributed by atoms with van der Waals surface area (Å²) in [7, 11) is -2.41. The fourth-order valence-corrected chi connectivity index (χ4v) is 4.49. The van der Waals surface area contributed by atoms with Gasteiger partial charge in [-0.25, -0.2) is 12.8 Å². The first-order valence-electron chi connectivity index (χ1n) is 10.9. The number of hydrogen-bond acceptors (Lipinski definition) is 5. The van der Waals surface area contributed by atoms with E-state index >= 15 is 0 Å². The summed E-state index contributed by atoms with van der Waals surface area (Å²) < 4.78 is 78.3. The van der Waals surface area contributed by atoms with Gasteiger partial charge in [0.25, 0.3) is 0 Å². The first-order valence-corrected chi connectivity index (χ1v) is 13.6. The molecule has 1 unspecified atom stereocenters. The zero-order valence-electron chi connectivity index (χ0n) is 20.5. The average Bonchev–Trinajstić information content (AvgIpc) is 2.78. The van der Waals surface area contributed by atoms with Crippen LogP contribution < -0.4 is 10.0 Å². The first-order chi connectivity index (χ1) is 17.5. The Labute approximate surface area is 228 Å². The summed E-state index contributed by atoms with van der Waals surface area (Å²) in [6.07, 6.45) is 1.72. The molecule has 206 valence electrons. The molecular weight excluding hydrogens is 569 g/mol. The smallest absolute Gasteiger partial charge is 0.354 e. The monoisotopic (exact) mass is 593 g/mol. The summed E-state index contributed by atoms with van der Waals surface area (Å²) in [5.74, 6) is -2.79. The van der Waals surface area contributed by atoms with E-state index in [-0.39, 0.29) is 28.4 Å². The molecule has 0 radical (unpaired) electrons. The third kappa shape index (κ3) is 9.14. The second-order valence-corrected chi connectivity index (χ2v) is 11.0. The Balaban J connectivity index is 2.55. The van der Waals surface area contributed by atoms with Gasteiger partial charge in [0.05, 0.1) is 39.6 Å². The Hall–Kier alpha value is -2.89. The molecule has 0 aromatic heterocycles. The van der Waals surface area contributed by atoms with Crippen LogP contribution in [0.1, 0.15) is 24.5 Å². The fourth-order valence-electron chi connectivity index (χ4n) is 3.42. The van der Waals surface area contributed by atoms with E-state index in [1.54, 1.807) is 12.2 Å². The van der Waals surface area contributed by atoms with Crippen LogP contribution in [0.3, 0.4) is 0 Å². The van der Waals surface area contributed by atoms with Crippen molar-refractivity contribution in [3.05, 3.63) is 94.1 Å². The van der Waals surface area contributed by atoms with E-state index in [9.17, 15) is 30.8 Å². The predicted octanol–water partition coefficient (Wildman–Crippen LogP) is 5.74. The van der Waals surface area contributed by atoms with Crippen LogP contribution >= 0.6 is 23.2 Å². The second kappa shape index (κ2) is 12.8. The largest absolute Gasteiger partial charge is 0.416 e. The molecular formula is C25H25Cl2F4N3O3S. The molecule has 0 fully saturated rings. The van der Waals surface area contributed by atoms with Crippen molar-refractivity contribution in [3.8, 4) is 0 Å². The van der Waals surface area contributed by atoms with Gasteiger partial charge in [-0.3, -0.25) is 14.5 Å². The molecule has 13 heteroatoms. The predicted molar refractivity (Wildman–Crippen MR) is 142 cm³/mol. The molecule has 6 nitrogen and oxygen atoms in total.